The van der Waals surface area contributed by atoms with Gasteiger partial charge < -0.3 is 24.6 Å². The third kappa shape index (κ3) is 6.90. The third-order valence-electron chi connectivity index (χ3n) is 6.74. The molecule has 1 atom stereocenters. The molecule has 7 nitrogen and oxygen atoms in total. The number of hydrogen-bond acceptors (Lipinski definition) is 5. The second-order valence-electron chi connectivity index (χ2n) is 10.8. The first kappa shape index (κ1) is 29.3. The van der Waals surface area contributed by atoms with Gasteiger partial charge in [-0.25, -0.2) is 8.78 Å². The predicted octanol–water partition coefficient (Wildman–Crippen LogP) is 4.98. The molecule has 4 rings (SSSR count). The highest BCUT2D eigenvalue weighted by molar-refractivity contribution is 6.31. The molecule has 210 valence electrons. The van der Waals surface area contributed by atoms with Crippen LogP contribution in [0.1, 0.15) is 44.0 Å². The Kier molecular flexibility index (Phi) is 8.85. The van der Waals surface area contributed by atoms with Gasteiger partial charge in [0.05, 0.1) is 15.6 Å². The molecule has 1 unspecified atom stereocenters. The molecular weight excluding hydrogens is 551 g/mol. The zero-order valence-electron chi connectivity index (χ0n) is 21.9. The standard InChI is InChI=1S/C28H31Cl2F2N3O4/c1-28(2,3)35-14-20(26(37)19-11-24(32)22(30)12-25(19)35)27(38)33-16-6-8-34(9-7-16)13-17(36)15-39-18-4-5-21(29)23(31)10-18/h4-5,10-12,14,16-17,36H,6-9,13,15H2,1-3H3,(H,33,38). The fraction of sp³-hybridized carbons (Fsp3) is 0.429. The number of pyridine rings is 1. The summed E-state index contributed by atoms with van der Waals surface area (Å²) in [5.41, 5.74) is -0.667. The van der Waals surface area contributed by atoms with Gasteiger partial charge in [-0.3, -0.25) is 9.59 Å². The molecule has 1 aliphatic heterocycles. The molecule has 2 heterocycles. The Labute approximate surface area is 235 Å². The van der Waals surface area contributed by atoms with E-state index in [1.54, 1.807) is 4.57 Å². The van der Waals surface area contributed by atoms with Gasteiger partial charge in [0, 0.05) is 48.9 Å². The number of aliphatic hydroxyl groups excluding tert-OH is 1. The molecule has 2 N–H and O–H groups in total. The quantitative estimate of drug-likeness (QED) is 0.411. The number of carbonyl (C=O) groups is 1. The lowest BCUT2D eigenvalue weighted by Crippen LogP contribution is -2.47. The number of aromatic nitrogens is 1. The second-order valence-corrected chi connectivity index (χ2v) is 11.6. The number of fused-ring (bicyclic) bond motifs is 1. The minimum absolute atomic E-state index is 0.00263. The molecule has 1 amide bonds. The van der Waals surface area contributed by atoms with Crippen LogP contribution in [0.5, 0.6) is 5.75 Å². The number of amides is 1. The van der Waals surface area contributed by atoms with Crippen LogP contribution < -0.4 is 15.5 Å². The van der Waals surface area contributed by atoms with Crippen LogP contribution >= 0.6 is 23.2 Å². The number of halogens is 4. The minimum Gasteiger partial charge on any atom is -0.491 e. The Hall–Kier alpha value is -2.72. The van der Waals surface area contributed by atoms with E-state index in [0.29, 0.717) is 38.0 Å². The minimum atomic E-state index is -0.794. The molecule has 1 aliphatic rings. The number of piperidine rings is 1. The average Bonchev–Trinajstić information content (AvgIpc) is 2.86. The molecule has 1 saturated heterocycles. The van der Waals surface area contributed by atoms with Crippen LogP contribution in [-0.4, -0.2) is 58.9 Å². The van der Waals surface area contributed by atoms with Crippen LogP contribution in [0.2, 0.25) is 10.0 Å². The van der Waals surface area contributed by atoms with E-state index < -0.39 is 34.6 Å². The highest BCUT2D eigenvalue weighted by atomic mass is 35.5. The molecule has 0 saturated carbocycles. The van der Waals surface area contributed by atoms with Crippen LogP contribution in [-0.2, 0) is 5.54 Å². The Morgan fingerprint density at radius 1 is 1.13 bits per heavy atom. The number of benzene rings is 2. The summed E-state index contributed by atoms with van der Waals surface area (Å²) in [6.45, 7) is 7.32. The highest BCUT2D eigenvalue weighted by Gasteiger charge is 2.26. The fourth-order valence-electron chi connectivity index (χ4n) is 4.67. The lowest BCUT2D eigenvalue weighted by Gasteiger charge is -2.33. The Morgan fingerprint density at radius 2 is 1.79 bits per heavy atom. The van der Waals surface area contributed by atoms with Crippen molar-refractivity contribution >= 4 is 40.0 Å². The molecule has 0 radical (unpaired) electrons. The van der Waals surface area contributed by atoms with E-state index in [0.717, 1.165) is 6.07 Å². The van der Waals surface area contributed by atoms with Crippen molar-refractivity contribution in [3.05, 3.63) is 74.0 Å². The number of carbonyl (C=O) groups excluding carboxylic acids is 1. The molecular formula is C28H31Cl2F2N3O4. The number of likely N-dealkylation sites (tertiary alicyclic amines) is 1. The summed E-state index contributed by atoms with van der Waals surface area (Å²) < 4.78 is 35.0. The van der Waals surface area contributed by atoms with Crippen molar-refractivity contribution < 1.29 is 23.4 Å². The van der Waals surface area contributed by atoms with Crippen molar-refractivity contribution in [2.24, 2.45) is 0 Å². The lowest BCUT2D eigenvalue weighted by molar-refractivity contribution is 0.0567. The largest absolute Gasteiger partial charge is 0.491 e. The van der Waals surface area contributed by atoms with Gasteiger partial charge in [0.1, 0.15) is 35.7 Å². The third-order valence-corrected chi connectivity index (χ3v) is 7.33. The number of ether oxygens (including phenoxy) is 1. The highest BCUT2D eigenvalue weighted by Crippen LogP contribution is 2.26. The predicted molar refractivity (Wildman–Crippen MR) is 148 cm³/mol. The van der Waals surface area contributed by atoms with Crippen molar-refractivity contribution in [3.63, 3.8) is 0 Å². The SMILES string of the molecule is CC(C)(C)n1cc(C(=O)NC2CCN(CC(O)COc3ccc(Cl)c(F)c3)CC2)c(=O)c2cc(F)c(Cl)cc21. The first-order chi connectivity index (χ1) is 18.3. The summed E-state index contributed by atoms with van der Waals surface area (Å²) in [5.74, 6) is -1.55. The van der Waals surface area contributed by atoms with E-state index in [4.69, 9.17) is 27.9 Å². The average molecular weight is 582 g/mol. The first-order valence-corrected chi connectivity index (χ1v) is 13.4. The molecule has 11 heteroatoms. The first-order valence-electron chi connectivity index (χ1n) is 12.7. The van der Waals surface area contributed by atoms with Crippen LogP contribution in [0.3, 0.4) is 0 Å². The summed E-state index contributed by atoms with van der Waals surface area (Å²) in [5, 5.41) is 13.3. The van der Waals surface area contributed by atoms with Gasteiger partial charge in [0.2, 0.25) is 5.43 Å². The number of nitrogens with zero attached hydrogens (tertiary/aromatic N) is 2. The molecule has 0 aliphatic carbocycles. The normalized spacial score (nSPS) is 15.9. The van der Waals surface area contributed by atoms with Gasteiger partial charge in [-0.05, 0) is 57.9 Å². The van der Waals surface area contributed by atoms with Crippen LogP contribution in [0.4, 0.5) is 8.78 Å². The molecule has 39 heavy (non-hydrogen) atoms. The fourth-order valence-corrected chi connectivity index (χ4v) is 4.94. The van der Waals surface area contributed by atoms with Crippen molar-refractivity contribution in [1.82, 2.24) is 14.8 Å². The zero-order chi connectivity index (χ0) is 28.5. The Bertz CT molecular complexity index is 1430. The second kappa shape index (κ2) is 11.8. The van der Waals surface area contributed by atoms with Gasteiger partial charge in [0.25, 0.3) is 5.91 Å². The summed E-state index contributed by atoms with van der Waals surface area (Å²) in [4.78, 5) is 28.4. The van der Waals surface area contributed by atoms with E-state index in [-0.39, 0.29) is 39.4 Å². The lowest BCUT2D eigenvalue weighted by atomic mass is 10.0. The number of hydrogen-bond donors (Lipinski definition) is 2. The molecule has 1 aromatic heterocycles. The Balaban J connectivity index is 1.37. The molecule has 0 spiro atoms. The van der Waals surface area contributed by atoms with E-state index in [1.165, 1.54) is 30.5 Å². The smallest absolute Gasteiger partial charge is 0.256 e. The number of aliphatic hydroxyl groups is 1. The van der Waals surface area contributed by atoms with Crippen molar-refractivity contribution in [2.75, 3.05) is 26.2 Å². The van der Waals surface area contributed by atoms with E-state index in [1.807, 2.05) is 25.7 Å². The van der Waals surface area contributed by atoms with Crippen molar-refractivity contribution in [3.8, 4) is 5.75 Å². The monoisotopic (exact) mass is 581 g/mol. The molecule has 1 fully saturated rings. The van der Waals surface area contributed by atoms with Crippen molar-refractivity contribution in [2.45, 2.75) is 51.3 Å². The van der Waals surface area contributed by atoms with Crippen LogP contribution in [0, 0.1) is 11.6 Å². The summed E-state index contributed by atoms with van der Waals surface area (Å²) in [6.07, 6.45) is 1.95. The summed E-state index contributed by atoms with van der Waals surface area (Å²) in [7, 11) is 0. The van der Waals surface area contributed by atoms with Gasteiger partial charge in [-0.15, -0.1) is 0 Å². The molecule has 0 bridgehead atoms. The van der Waals surface area contributed by atoms with E-state index in [2.05, 4.69) is 5.32 Å². The van der Waals surface area contributed by atoms with E-state index in [9.17, 15) is 23.5 Å². The number of β-amino-alcohol motifs (C(OH)–C–C–N with tert-alkyl or cyclic N) is 1. The summed E-state index contributed by atoms with van der Waals surface area (Å²) >= 11 is 11.6. The topological polar surface area (TPSA) is 83.8 Å². The van der Waals surface area contributed by atoms with E-state index >= 15 is 0 Å². The maximum absolute atomic E-state index is 14.2. The van der Waals surface area contributed by atoms with Gasteiger partial charge in [-0.2, -0.15) is 0 Å². The van der Waals surface area contributed by atoms with Crippen molar-refractivity contribution in [1.29, 1.82) is 0 Å². The number of nitrogens with one attached hydrogen (secondary N) is 1. The molecule has 3 aromatic rings. The zero-order valence-corrected chi connectivity index (χ0v) is 23.5. The van der Waals surface area contributed by atoms with Crippen LogP contribution in [0.25, 0.3) is 10.9 Å². The maximum Gasteiger partial charge on any atom is 0.256 e. The van der Waals surface area contributed by atoms with Gasteiger partial charge >= 0.3 is 0 Å². The maximum atomic E-state index is 14.2. The Morgan fingerprint density at radius 3 is 2.44 bits per heavy atom. The molecule has 2 aromatic carbocycles. The van der Waals surface area contributed by atoms with Crippen LogP contribution in [0.15, 0.2) is 41.3 Å². The van der Waals surface area contributed by atoms with Gasteiger partial charge in [0.15, 0.2) is 0 Å². The van der Waals surface area contributed by atoms with Gasteiger partial charge in [-0.1, -0.05) is 23.2 Å². The number of rotatable bonds is 7. The summed E-state index contributed by atoms with van der Waals surface area (Å²) in [6, 6.07) is 6.41.